The van der Waals surface area contributed by atoms with Crippen LogP contribution in [0.3, 0.4) is 0 Å². The molecule has 13 heavy (non-hydrogen) atoms. The fraction of sp³-hybridized carbons (Fsp3) is 0.889. The van der Waals surface area contributed by atoms with Crippen LogP contribution < -0.4 is 5.32 Å². The van der Waals surface area contributed by atoms with Crippen molar-refractivity contribution in [2.45, 2.75) is 52.4 Å². The topological polar surface area (TPSA) is 58.6 Å². The van der Waals surface area contributed by atoms with Crippen molar-refractivity contribution in [2.75, 3.05) is 0 Å². The lowest BCUT2D eigenvalue weighted by molar-refractivity contribution is 0.0697. The molecule has 4 nitrogen and oxygen atoms in total. The van der Waals surface area contributed by atoms with Gasteiger partial charge in [0.25, 0.3) is 0 Å². The van der Waals surface area contributed by atoms with Crippen molar-refractivity contribution in [3.8, 4) is 0 Å². The van der Waals surface area contributed by atoms with Gasteiger partial charge in [0.1, 0.15) is 0 Å². The molecule has 1 atom stereocenters. The summed E-state index contributed by atoms with van der Waals surface area (Å²) in [5.41, 5.74) is -0.661. The average molecular weight is 189 g/mol. The van der Waals surface area contributed by atoms with Gasteiger partial charge in [-0.25, -0.2) is 4.79 Å². The summed E-state index contributed by atoms with van der Waals surface area (Å²) in [5.74, 6) is 0. The van der Waals surface area contributed by atoms with E-state index in [9.17, 15) is 9.90 Å². The van der Waals surface area contributed by atoms with Gasteiger partial charge < -0.3 is 15.2 Å². The Morgan fingerprint density at radius 2 is 1.85 bits per heavy atom. The van der Waals surface area contributed by atoms with E-state index in [0.29, 0.717) is 0 Å². The number of hydrogen-bond acceptors (Lipinski definition) is 3. The van der Waals surface area contributed by atoms with Crippen molar-refractivity contribution in [3.05, 3.63) is 0 Å². The summed E-state index contributed by atoms with van der Waals surface area (Å²) in [6.45, 7) is 8.64. The van der Waals surface area contributed by atoms with Gasteiger partial charge in [-0.2, -0.15) is 0 Å². The second-order valence-corrected chi connectivity index (χ2v) is 3.98. The van der Waals surface area contributed by atoms with Crippen LogP contribution in [0.2, 0.25) is 0 Å². The van der Waals surface area contributed by atoms with E-state index in [1.165, 1.54) is 0 Å². The number of aliphatic hydroxyl groups is 1. The SMILES string of the molecule is CC(C)OC(=O)NC(C)(C)C(C)O. The molecule has 0 aliphatic heterocycles. The average Bonchev–Trinajstić information content (AvgIpc) is 1.82. The predicted molar refractivity (Wildman–Crippen MR) is 50.5 cm³/mol. The fourth-order valence-corrected chi connectivity index (χ4v) is 0.611. The van der Waals surface area contributed by atoms with Gasteiger partial charge in [-0.05, 0) is 34.6 Å². The molecule has 0 aromatic rings. The second kappa shape index (κ2) is 4.46. The van der Waals surface area contributed by atoms with E-state index in [1.54, 1.807) is 34.6 Å². The number of rotatable bonds is 3. The Hall–Kier alpha value is -0.770. The molecule has 0 rings (SSSR count). The molecule has 1 amide bonds. The number of aliphatic hydroxyl groups excluding tert-OH is 1. The highest BCUT2D eigenvalue weighted by atomic mass is 16.6. The van der Waals surface area contributed by atoms with Crippen molar-refractivity contribution in [3.63, 3.8) is 0 Å². The molecule has 4 heteroatoms. The Morgan fingerprint density at radius 3 is 2.15 bits per heavy atom. The molecule has 2 N–H and O–H groups in total. The molecule has 0 bridgehead atoms. The van der Waals surface area contributed by atoms with Gasteiger partial charge in [0.2, 0.25) is 0 Å². The van der Waals surface area contributed by atoms with Crippen LogP contribution in [-0.4, -0.2) is 28.9 Å². The summed E-state index contributed by atoms with van der Waals surface area (Å²) in [7, 11) is 0. The minimum Gasteiger partial charge on any atom is -0.447 e. The first-order chi connectivity index (χ1) is 5.75. The highest BCUT2D eigenvalue weighted by molar-refractivity contribution is 5.68. The van der Waals surface area contributed by atoms with Crippen LogP contribution in [0.4, 0.5) is 4.79 Å². The molecule has 1 unspecified atom stereocenters. The van der Waals surface area contributed by atoms with E-state index >= 15 is 0 Å². The molecular formula is C9H19NO3. The molecule has 0 aliphatic rings. The zero-order valence-corrected chi connectivity index (χ0v) is 8.92. The monoisotopic (exact) mass is 189 g/mol. The van der Waals surface area contributed by atoms with Crippen LogP contribution in [0, 0.1) is 0 Å². The Labute approximate surface area is 79.3 Å². The summed E-state index contributed by atoms with van der Waals surface area (Å²) in [4.78, 5) is 11.1. The van der Waals surface area contributed by atoms with Gasteiger partial charge >= 0.3 is 6.09 Å². The Morgan fingerprint density at radius 1 is 1.38 bits per heavy atom. The van der Waals surface area contributed by atoms with E-state index in [-0.39, 0.29) is 6.10 Å². The molecule has 0 aromatic heterocycles. The third-order valence-electron chi connectivity index (χ3n) is 1.81. The van der Waals surface area contributed by atoms with Crippen LogP contribution >= 0.6 is 0 Å². The second-order valence-electron chi connectivity index (χ2n) is 3.98. The molecular weight excluding hydrogens is 170 g/mol. The molecule has 0 aliphatic carbocycles. The highest BCUT2D eigenvalue weighted by Gasteiger charge is 2.26. The molecule has 0 fully saturated rings. The standard InChI is InChI=1S/C9H19NO3/c1-6(2)13-8(12)10-9(4,5)7(3)11/h6-7,11H,1-5H3,(H,10,12). The van der Waals surface area contributed by atoms with Crippen LogP contribution in [0.1, 0.15) is 34.6 Å². The first kappa shape index (κ1) is 12.2. The van der Waals surface area contributed by atoms with E-state index < -0.39 is 17.7 Å². The lowest BCUT2D eigenvalue weighted by atomic mass is 9.99. The first-order valence-corrected chi connectivity index (χ1v) is 4.42. The van der Waals surface area contributed by atoms with Gasteiger partial charge in [0.05, 0.1) is 17.7 Å². The minimum absolute atomic E-state index is 0.148. The quantitative estimate of drug-likeness (QED) is 0.703. The van der Waals surface area contributed by atoms with Crippen molar-refractivity contribution in [2.24, 2.45) is 0 Å². The molecule has 0 radical (unpaired) electrons. The number of ether oxygens (including phenoxy) is 1. The highest BCUT2D eigenvalue weighted by Crippen LogP contribution is 2.08. The zero-order chi connectivity index (χ0) is 10.6. The molecule has 0 spiro atoms. The van der Waals surface area contributed by atoms with E-state index in [0.717, 1.165) is 0 Å². The fourth-order valence-electron chi connectivity index (χ4n) is 0.611. The van der Waals surface area contributed by atoms with Crippen LogP contribution in [-0.2, 0) is 4.74 Å². The third kappa shape index (κ3) is 4.72. The Kier molecular flexibility index (Phi) is 4.20. The van der Waals surface area contributed by atoms with E-state index in [2.05, 4.69) is 5.32 Å². The third-order valence-corrected chi connectivity index (χ3v) is 1.81. The number of alkyl carbamates (subject to hydrolysis) is 1. The molecule has 0 saturated heterocycles. The number of amides is 1. The lowest BCUT2D eigenvalue weighted by Gasteiger charge is -2.29. The summed E-state index contributed by atoms with van der Waals surface area (Å²) in [6, 6.07) is 0. The largest absolute Gasteiger partial charge is 0.447 e. The number of carbonyl (C=O) groups excluding carboxylic acids is 1. The zero-order valence-electron chi connectivity index (χ0n) is 8.92. The maximum atomic E-state index is 11.1. The lowest BCUT2D eigenvalue weighted by Crippen LogP contribution is -2.51. The maximum absolute atomic E-state index is 11.1. The summed E-state index contributed by atoms with van der Waals surface area (Å²) in [5, 5.41) is 11.9. The Bertz CT molecular complexity index is 176. The van der Waals surface area contributed by atoms with Crippen molar-refractivity contribution < 1.29 is 14.6 Å². The maximum Gasteiger partial charge on any atom is 0.407 e. The van der Waals surface area contributed by atoms with Gasteiger partial charge in [-0.15, -0.1) is 0 Å². The number of carbonyl (C=O) groups is 1. The number of nitrogens with one attached hydrogen (secondary N) is 1. The van der Waals surface area contributed by atoms with Crippen molar-refractivity contribution >= 4 is 6.09 Å². The van der Waals surface area contributed by atoms with Gasteiger partial charge in [-0.3, -0.25) is 0 Å². The van der Waals surface area contributed by atoms with E-state index in [1.807, 2.05) is 0 Å². The van der Waals surface area contributed by atoms with Crippen molar-refractivity contribution in [1.29, 1.82) is 0 Å². The summed E-state index contributed by atoms with van der Waals surface area (Å²) < 4.78 is 4.88. The molecule has 0 heterocycles. The van der Waals surface area contributed by atoms with Crippen LogP contribution in [0.15, 0.2) is 0 Å². The molecule has 0 saturated carbocycles. The van der Waals surface area contributed by atoms with Crippen LogP contribution in [0.5, 0.6) is 0 Å². The smallest absolute Gasteiger partial charge is 0.407 e. The summed E-state index contributed by atoms with van der Waals surface area (Å²) in [6.07, 6.45) is -1.27. The predicted octanol–water partition coefficient (Wildman–Crippen LogP) is 1.28. The van der Waals surface area contributed by atoms with Crippen LogP contribution in [0.25, 0.3) is 0 Å². The van der Waals surface area contributed by atoms with Gasteiger partial charge in [0, 0.05) is 0 Å². The summed E-state index contributed by atoms with van der Waals surface area (Å²) >= 11 is 0. The minimum atomic E-state index is -0.661. The van der Waals surface area contributed by atoms with Crippen molar-refractivity contribution in [1.82, 2.24) is 5.32 Å². The van der Waals surface area contributed by atoms with Gasteiger partial charge in [0.15, 0.2) is 0 Å². The number of hydrogen-bond donors (Lipinski definition) is 2. The molecule has 0 aromatic carbocycles. The van der Waals surface area contributed by atoms with E-state index in [4.69, 9.17) is 4.74 Å². The first-order valence-electron chi connectivity index (χ1n) is 4.42. The molecule has 78 valence electrons. The Balaban J connectivity index is 4.05. The normalized spacial score (nSPS) is 14.1. The van der Waals surface area contributed by atoms with Gasteiger partial charge in [-0.1, -0.05) is 0 Å².